The van der Waals surface area contributed by atoms with E-state index >= 15 is 0 Å². The molecule has 37 heavy (non-hydrogen) atoms. The van der Waals surface area contributed by atoms with Gasteiger partial charge in [0.2, 0.25) is 11.8 Å². The second-order valence-electron chi connectivity index (χ2n) is 9.55. The highest BCUT2D eigenvalue weighted by atomic mass is 32.2. The Labute approximate surface area is 224 Å². The first kappa shape index (κ1) is 32.0. The largest absolute Gasteiger partial charge is 0.468 e. The summed E-state index contributed by atoms with van der Waals surface area (Å²) in [6.45, 7) is 12.4. The van der Waals surface area contributed by atoms with Gasteiger partial charge in [-0.3, -0.25) is 14.4 Å². The molecule has 2 N–H and O–H groups in total. The summed E-state index contributed by atoms with van der Waals surface area (Å²) in [5.41, 5.74) is 0.578. The Kier molecular flexibility index (Phi) is 13.2. The molecular weight excluding hydrogens is 494 g/mol. The van der Waals surface area contributed by atoms with Gasteiger partial charge in [-0.15, -0.1) is 0 Å². The molecule has 1 aromatic rings. The predicted octanol–water partition coefficient (Wildman–Crippen LogP) is 3.93. The number of amides is 3. The summed E-state index contributed by atoms with van der Waals surface area (Å²) in [6.07, 6.45) is 3.74. The van der Waals surface area contributed by atoms with E-state index in [0.29, 0.717) is 24.2 Å². The van der Waals surface area contributed by atoms with Gasteiger partial charge in [0.05, 0.1) is 7.11 Å². The molecule has 206 valence electrons. The number of ether oxygens (including phenoxy) is 2. The van der Waals surface area contributed by atoms with Gasteiger partial charge in [0.15, 0.2) is 0 Å². The summed E-state index contributed by atoms with van der Waals surface area (Å²) < 4.78 is 10.0. The summed E-state index contributed by atoms with van der Waals surface area (Å²) in [5, 5.41) is 5.30. The van der Waals surface area contributed by atoms with E-state index in [1.165, 1.54) is 23.8 Å². The van der Waals surface area contributed by atoms with Crippen LogP contribution in [0.4, 0.5) is 4.79 Å². The van der Waals surface area contributed by atoms with E-state index in [4.69, 9.17) is 4.74 Å². The summed E-state index contributed by atoms with van der Waals surface area (Å²) in [7, 11) is 1.23. The first-order chi connectivity index (χ1) is 17.4. The molecule has 0 aliphatic rings. The lowest BCUT2D eigenvalue weighted by Crippen LogP contribution is -2.55. The van der Waals surface area contributed by atoms with E-state index in [1.807, 2.05) is 26.2 Å². The maximum atomic E-state index is 14.1. The Morgan fingerprint density at radius 1 is 1.22 bits per heavy atom. The van der Waals surface area contributed by atoms with Gasteiger partial charge in [-0.2, -0.15) is 11.8 Å². The van der Waals surface area contributed by atoms with Crippen LogP contribution in [-0.2, 0) is 23.9 Å². The molecule has 0 aliphatic carbocycles. The highest BCUT2D eigenvalue weighted by molar-refractivity contribution is 7.98. The lowest BCUT2D eigenvalue weighted by molar-refractivity contribution is -0.146. The number of carbonyl (C=O) groups is 4. The fourth-order valence-electron chi connectivity index (χ4n) is 3.54. The number of hydrogen-bond donors (Lipinski definition) is 2. The Balaban J connectivity index is 3.54. The molecule has 3 amide bonds. The zero-order chi connectivity index (χ0) is 28.2. The summed E-state index contributed by atoms with van der Waals surface area (Å²) in [5.74, 6) is -0.971. The zero-order valence-electron chi connectivity index (χ0n) is 23.0. The molecule has 1 rings (SSSR count). The molecule has 9 nitrogen and oxygen atoms in total. The van der Waals surface area contributed by atoms with E-state index in [2.05, 4.69) is 21.9 Å². The van der Waals surface area contributed by atoms with Gasteiger partial charge in [0, 0.05) is 6.04 Å². The van der Waals surface area contributed by atoms with Crippen LogP contribution >= 0.6 is 11.8 Å². The van der Waals surface area contributed by atoms with Crippen molar-refractivity contribution in [2.45, 2.75) is 71.2 Å². The van der Waals surface area contributed by atoms with Crippen LogP contribution in [0.3, 0.4) is 0 Å². The average Bonchev–Trinajstić information content (AvgIpc) is 2.85. The van der Waals surface area contributed by atoms with Crippen molar-refractivity contribution in [1.82, 2.24) is 15.5 Å². The van der Waals surface area contributed by atoms with Crippen molar-refractivity contribution in [3.05, 3.63) is 42.0 Å². The molecule has 0 aliphatic heterocycles. The van der Waals surface area contributed by atoms with Crippen LogP contribution in [0.25, 0.3) is 6.08 Å². The number of carbonyl (C=O) groups excluding carboxylic acids is 4. The van der Waals surface area contributed by atoms with E-state index < -0.39 is 41.6 Å². The molecule has 0 bridgehead atoms. The Morgan fingerprint density at radius 3 is 2.43 bits per heavy atom. The number of benzene rings is 1. The SMILES string of the molecule is C=Cc1cccc(C(C(=O)NCC(=O)OC)N(C(=O)C(CCSC)NC(=O)OC(C)(C)C)C(C)CC)c1. The number of nitrogens with zero attached hydrogens (tertiary/aromatic N) is 1. The Morgan fingerprint density at radius 2 is 1.89 bits per heavy atom. The number of nitrogens with one attached hydrogen (secondary N) is 2. The van der Waals surface area contributed by atoms with Crippen molar-refractivity contribution in [2.75, 3.05) is 25.7 Å². The van der Waals surface area contributed by atoms with Crippen LogP contribution in [0.1, 0.15) is 64.6 Å². The molecule has 3 atom stereocenters. The van der Waals surface area contributed by atoms with Gasteiger partial charge >= 0.3 is 12.1 Å². The molecule has 0 heterocycles. The van der Waals surface area contributed by atoms with Crippen LogP contribution in [0, 0.1) is 0 Å². The third kappa shape index (κ3) is 10.5. The van der Waals surface area contributed by atoms with Crippen LogP contribution in [0.15, 0.2) is 30.8 Å². The molecule has 0 saturated heterocycles. The topological polar surface area (TPSA) is 114 Å². The molecule has 0 saturated carbocycles. The Hall–Kier alpha value is -3.01. The normalized spacial score (nSPS) is 13.5. The van der Waals surface area contributed by atoms with E-state index in [1.54, 1.807) is 45.0 Å². The molecule has 1 aromatic carbocycles. The molecule has 0 spiro atoms. The highest BCUT2D eigenvalue weighted by Gasteiger charge is 2.38. The number of thioether (sulfide) groups is 1. The number of esters is 1. The van der Waals surface area contributed by atoms with Crippen molar-refractivity contribution in [2.24, 2.45) is 0 Å². The minimum atomic E-state index is -1.07. The second-order valence-corrected chi connectivity index (χ2v) is 10.5. The maximum absolute atomic E-state index is 14.1. The van der Waals surface area contributed by atoms with Gasteiger partial charge in [0.25, 0.3) is 0 Å². The van der Waals surface area contributed by atoms with Crippen molar-refractivity contribution < 1.29 is 28.7 Å². The average molecular weight is 536 g/mol. The monoisotopic (exact) mass is 535 g/mol. The molecular formula is C27H41N3O6S. The maximum Gasteiger partial charge on any atom is 0.408 e. The van der Waals surface area contributed by atoms with Crippen molar-refractivity contribution >= 4 is 41.7 Å². The zero-order valence-corrected chi connectivity index (χ0v) is 23.8. The van der Waals surface area contributed by atoms with Crippen molar-refractivity contribution in [3.8, 4) is 0 Å². The third-order valence-electron chi connectivity index (χ3n) is 5.54. The quantitative estimate of drug-likeness (QED) is 0.368. The van der Waals surface area contributed by atoms with Crippen molar-refractivity contribution in [3.63, 3.8) is 0 Å². The first-order valence-electron chi connectivity index (χ1n) is 12.3. The standard InChI is InChI=1S/C27H41N3O6S/c1-9-18(3)30(25(33)21(14-15-37-8)29-26(34)36-27(4,5)6)23(24(32)28-17-22(31)35-7)20-13-11-12-19(10-2)16-20/h10-13,16,18,21,23H,2,9,14-15,17H2,1,3-8H3,(H,28,32)(H,29,34). The lowest BCUT2D eigenvalue weighted by atomic mass is 9.98. The number of methoxy groups -OCH3 is 1. The molecule has 0 aromatic heterocycles. The molecule has 0 fully saturated rings. The third-order valence-corrected chi connectivity index (χ3v) is 6.19. The minimum absolute atomic E-state index is 0.343. The fourth-order valence-corrected chi connectivity index (χ4v) is 4.01. The van der Waals surface area contributed by atoms with Gasteiger partial charge in [-0.25, -0.2) is 4.79 Å². The summed E-state index contributed by atoms with van der Waals surface area (Å²) in [6, 6.07) is 4.77. The van der Waals surface area contributed by atoms with Crippen LogP contribution < -0.4 is 10.6 Å². The molecule has 10 heteroatoms. The molecule has 3 unspecified atom stereocenters. The number of alkyl carbamates (subject to hydrolysis) is 1. The highest BCUT2D eigenvalue weighted by Crippen LogP contribution is 2.28. The summed E-state index contributed by atoms with van der Waals surface area (Å²) in [4.78, 5) is 53.4. The van der Waals surface area contributed by atoms with E-state index in [-0.39, 0.29) is 12.6 Å². The van der Waals surface area contributed by atoms with Gasteiger partial charge in [-0.05, 0) is 69.7 Å². The van der Waals surface area contributed by atoms with Gasteiger partial charge in [0.1, 0.15) is 24.2 Å². The first-order valence-corrected chi connectivity index (χ1v) is 13.6. The van der Waals surface area contributed by atoms with Crippen molar-refractivity contribution in [1.29, 1.82) is 0 Å². The predicted molar refractivity (Wildman–Crippen MR) is 147 cm³/mol. The van der Waals surface area contributed by atoms with Crippen LogP contribution in [0.2, 0.25) is 0 Å². The van der Waals surface area contributed by atoms with Crippen LogP contribution in [0.5, 0.6) is 0 Å². The summed E-state index contributed by atoms with van der Waals surface area (Å²) >= 11 is 1.54. The lowest BCUT2D eigenvalue weighted by Gasteiger charge is -2.38. The van der Waals surface area contributed by atoms with Crippen LogP contribution in [-0.4, -0.2) is 72.1 Å². The van der Waals surface area contributed by atoms with Gasteiger partial charge in [-0.1, -0.05) is 37.8 Å². The minimum Gasteiger partial charge on any atom is -0.468 e. The van der Waals surface area contributed by atoms with Gasteiger partial charge < -0.3 is 25.0 Å². The number of hydrogen-bond acceptors (Lipinski definition) is 7. The number of rotatable bonds is 13. The van der Waals surface area contributed by atoms with E-state index in [0.717, 1.165) is 5.56 Å². The smallest absolute Gasteiger partial charge is 0.408 e. The Bertz CT molecular complexity index is 946. The fraction of sp³-hybridized carbons (Fsp3) is 0.556. The van der Waals surface area contributed by atoms with E-state index in [9.17, 15) is 19.2 Å². The molecule has 0 radical (unpaired) electrons. The second kappa shape index (κ2) is 15.3.